The van der Waals surface area contributed by atoms with Gasteiger partial charge in [0.05, 0.1) is 24.1 Å². The highest BCUT2D eigenvalue weighted by Gasteiger charge is 2.14. The first kappa shape index (κ1) is 25.8. The van der Waals surface area contributed by atoms with Crippen LogP contribution in [0.4, 0.5) is 5.69 Å². The largest absolute Gasteiger partial charge is 0.386 e. The van der Waals surface area contributed by atoms with Crippen molar-refractivity contribution in [3.63, 3.8) is 0 Å². The molecule has 0 saturated heterocycles. The first-order valence-electron chi connectivity index (χ1n) is 9.68. The molecule has 0 aliphatic heterocycles. The fraction of sp³-hybridized carbons (Fsp3) is 0.500. The van der Waals surface area contributed by atoms with Crippen LogP contribution in [0, 0.1) is 10.1 Å². The highest BCUT2D eigenvalue weighted by atomic mass is 127. The SMILES string of the molecule is CCNC(=NCC(O)c1ccc(C(C)(C)C)cc1)NCCn1cc([N+](=O)[O-])cn1.I. The summed E-state index contributed by atoms with van der Waals surface area (Å²) in [5, 5.41) is 31.4. The molecule has 3 N–H and O–H groups in total. The van der Waals surface area contributed by atoms with E-state index in [4.69, 9.17) is 0 Å². The van der Waals surface area contributed by atoms with Crippen LogP contribution in [0.2, 0.25) is 0 Å². The van der Waals surface area contributed by atoms with Crippen molar-refractivity contribution >= 4 is 35.6 Å². The summed E-state index contributed by atoms with van der Waals surface area (Å²) >= 11 is 0. The molecule has 0 spiro atoms. The van der Waals surface area contributed by atoms with E-state index in [-0.39, 0.29) is 41.6 Å². The van der Waals surface area contributed by atoms with Crippen LogP contribution in [0.15, 0.2) is 41.7 Å². The van der Waals surface area contributed by atoms with E-state index in [1.54, 1.807) is 0 Å². The normalized spacial score (nSPS) is 12.8. The molecule has 0 aliphatic carbocycles. The highest BCUT2D eigenvalue weighted by Crippen LogP contribution is 2.24. The first-order chi connectivity index (χ1) is 13.7. The molecule has 2 rings (SSSR count). The van der Waals surface area contributed by atoms with E-state index in [0.29, 0.717) is 25.6 Å². The summed E-state index contributed by atoms with van der Waals surface area (Å²) in [6, 6.07) is 7.95. The number of rotatable bonds is 8. The van der Waals surface area contributed by atoms with Gasteiger partial charge in [-0.1, -0.05) is 45.0 Å². The second kappa shape index (κ2) is 11.8. The summed E-state index contributed by atoms with van der Waals surface area (Å²) in [4.78, 5) is 14.7. The van der Waals surface area contributed by atoms with Crippen LogP contribution in [0.25, 0.3) is 0 Å². The molecule has 0 amide bonds. The van der Waals surface area contributed by atoms with Crippen molar-refractivity contribution in [1.82, 2.24) is 20.4 Å². The number of aromatic nitrogens is 2. The number of benzene rings is 1. The topological polar surface area (TPSA) is 118 Å². The molecule has 0 aliphatic rings. The molecule has 1 atom stereocenters. The molecule has 1 aromatic heterocycles. The monoisotopic (exact) mass is 530 g/mol. The third-order valence-corrected chi connectivity index (χ3v) is 4.39. The quantitative estimate of drug-likeness (QED) is 0.159. The van der Waals surface area contributed by atoms with Gasteiger partial charge in [0, 0.05) is 13.1 Å². The van der Waals surface area contributed by atoms with Gasteiger partial charge in [-0.25, -0.2) is 0 Å². The van der Waals surface area contributed by atoms with Crippen LogP contribution >= 0.6 is 24.0 Å². The second-order valence-corrected chi connectivity index (χ2v) is 7.75. The smallest absolute Gasteiger partial charge is 0.306 e. The predicted octanol–water partition coefficient (Wildman–Crippen LogP) is 3.00. The van der Waals surface area contributed by atoms with Crippen LogP contribution in [0.5, 0.6) is 0 Å². The van der Waals surface area contributed by atoms with Gasteiger partial charge in [0.2, 0.25) is 0 Å². The zero-order valence-corrected chi connectivity index (χ0v) is 20.2. The van der Waals surface area contributed by atoms with Crippen molar-refractivity contribution < 1.29 is 10.0 Å². The molecule has 166 valence electrons. The zero-order valence-electron chi connectivity index (χ0n) is 17.8. The Kier molecular flexibility index (Phi) is 10.2. The van der Waals surface area contributed by atoms with E-state index in [9.17, 15) is 15.2 Å². The minimum absolute atomic E-state index is 0. The van der Waals surface area contributed by atoms with Crippen molar-refractivity contribution in [2.24, 2.45) is 4.99 Å². The Morgan fingerprint density at radius 2 is 1.97 bits per heavy atom. The Hall–Kier alpha value is -2.21. The summed E-state index contributed by atoms with van der Waals surface area (Å²) in [5.74, 6) is 0.569. The standard InChI is InChI=1S/C20H30N6O3.HI/c1-5-21-19(22-10-11-25-14-17(12-24-25)26(28)29)23-13-18(27)15-6-8-16(9-7-15)20(2,3)4;/h6-9,12,14,18,27H,5,10-11,13H2,1-4H3,(H2,21,22,23);1H. The Bertz CT molecular complexity index is 830. The molecule has 0 radical (unpaired) electrons. The third kappa shape index (κ3) is 7.90. The number of hydrogen-bond acceptors (Lipinski definition) is 5. The lowest BCUT2D eigenvalue weighted by molar-refractivity contribution is -0.385. The van der Waals surface area contributed by atoms with Gasteiger partial charge < -0.3 is 15.7 Å². The van der Waals surface area contributed by atoms with Crippen LogP contribution in [-0.4, -0.2) is 45.4 Å². The zero-order chi connectivity index (χ0) is 21.4. The van der Waals surface area contributed by atoms with E-state index in [1.807, 2.05) is 31.2 Å². The van der Waals surface area contributed by atoms with Gasteiger partial charge in [-0.3, -0.25) is 19.8 Å². The second-order valence-electron chi connectivity index (χ2n) is 7.75. The molecule has 1 aromatic carbocycles. The van der Waals surface area contributed by atoms with Gasteiger partial charge in [0.15, 0.2) is 5.96 Å². The lowest BCUT2D eigenvalue weighted by atomic mass is 9.86. The number of nitrogens with one attached hydrogen (secondary N) is 2. The van der Waals surface area contributed by atoms with Crippen molar-refractivity contribution in [3.8, 4) is 0 Å². The van der Waals surface area contributed by atoms with Gasteiger partial charge in [-0.05, 0) is 23.5 Å². The molecule has 1 heterocycles. The van der Waals surface area contributed by atoms with E-state index in [1.165, 1.54) is 22.6 Å². The number of hydrogen-bond donors (Lipinski definition) is 3. The summed E-state index contributed by atoms with van der Waals surface area (Å²) < 4.78 is 1.50. The average molecular weight is 530 g/mol. The predicted molar refractivity (Wildman–Crippen MR) is 128 cm³/mol. The lowest BCUT2D eigenvalue weighted by Gasteiger charge is -2.20. The molecular weight excluding hydrogens is 499 g/mol. The number of guanidine groups is 1. The Morgan fingerprint density at radius 3 is 2.50 bits per heavy atom. The summed E-state index contributed by atoms with van der Waals surface area (Å²) in [6.45, 7) is 10.2. The molecule has 0 bridgehead atoms. The minimum Gasteiger partial charge on any atom is -0.386 e. The van der Waals surface area contributed by atoms with Crippen molar-refractivity contribution in [3.05, 3.63) is 57.9 Å². The van der Waals surface area contributed by atoms with E-state index in [0.717, 1.165) is 5.56 Å². The minimum atomic E-state index is -0.701. The van der Waals surface area contributed by atoms with E-state index >= 15 is 0 Å². The lowest BCUT2D eigenvalue weighted by Crippen LogP contribution is -2.39. The van der Waals surface area contributed by atoms with Gasteiger partial charge in [0.1, 0.15) is 12.4 Å². The molecule has 0 fully saturated rings. The van der Waals surface area contributed by atoms with Crippen molar-refractivity contribution in [2.45, 2.75) is 45.8 Å². The maximum atomic E-state index is 10.7. The number of aliphatic hydroxyl groups is 1. The van der Waals surface area contributed by atoms with Gasteiger partial charge >= 0.3 is 5.69 Å². The number of halogens is 1. The maximum Gasteiger partial charge on any atom is 0.306 e. The Labute approximate surface area is 194 Å². The Morgan fingerprint density at radius 1 is 1.30 bits per heavy atom. The molecule has 0 saturated carbocycles. The summed E-state index contributed by atoms with van der Waals surface area (Å²) in [5.41, 5.74) is 2.07. The van der Waals surface area contributed by atoms with Crippen LogP contribution < -0.4 is 10.6 Å². The highest BCUT2D eigenvalue weighted by molar-refractivity contribution is 14.0. The van der Waals surface area contributed by atoms with Crippen molar-refractivity contribution in [2.75, 3.05) is 19.6 Å². The summed E-state index contributed by atoms with van der Waals surface area (Å²) in [7, 11) is 0. The molecule has 1 unspecified atom stereocenters. The Balaban J connectivity index is 0.00000450. The van der Waals surface area contributed by atoms with E-state index in [2.05, 4.69) is 41.5 Å². The van der Waals surface area contributed by atoms with Crippen LogP contribution in [0.1, 0.15) is 44.9 Å². The molecule has 9 nitrogen and oxygen atoms in total. The molecule has 30 heavy (non-hydrogen) atoms. The van der Waals surface area contributed by atoms with Gasteiger partial charge in [-0.2, -0.15) is 5.10 Å². The molecular formula is C20H31IN6O3. The molecule has 2 aromatic rings. The number of aliphatic imine (C=N–C) groups is 1. The van der Waals surface area contributed by atoms with Gasteiger partial charge in [-0.15, -0.1) is 24.0 Å². The maximum absolute atomic E-state index is 10.7. The average Bonchev–Trinajstić information content (AvgIpc) is 3.14. The van der Waals surface area contributed by atoms with Crippen LogP contribution in [-0.2, 0) is 12.0 Å². The first-order valence-corrected chi connectivity index (χ1v) is 9.68. The fourth-order valence-corrected chi connectivity index (χ4v) is 2.69. The summed E-state index contributed by atoms with van der Waals surface area (Å²) in [6.07, 6.45) is 1.91. The van der Waals surface area contributed by atoms with Crippen LogP contribution in [0.3, 0.4) is 0 Å². The number of nitro groups is 1. The van der Waals surface area contributed by atoms with E-state index < -0.39 is 11.0 Å². The number of nitrogens with zero attached hydrogens (tertiary/aromatic N) is 4. The fourth-order valence-electron chi connectivity index (χ4n) is 2.69. The molecule has 10 heteroatoms. The third-order valence-electron chi connectivity index (χ3n) is 4.39. The van der Waals surface area contributed by atoms with Crippen molar-refractivity contribution in [1.29, 1.82) is 0 Å². The van der Waals surface area contributed by atoms with Gasteiger partial charge in [0.25, 0.3) is 0 Å². The number of aliphatic hydroxyl groups excluding tert-OH is 1.